The molecule has 0 atom stereocenters. The van der Waals surface area contributed by atoms with Crippen molar-refractivity contribution in [1.82, 2.24) is 10.3 Å². The fraction of sp³-hybridized carbons (Fsp3) is 0.294. The van der Waals surface area contributed by atoms with Crippen molar-refractivity contribution in [3.8, 4) is 5.75 Å². The Kier molecular flexibility index (Phi) is 4.16. The first-order valence-corrected chi connectivity index (χ1v) is 7.52. The number of carbonyl (C=O) groups is 1. The smallest absolute Gasteiger partial charge is 0.287 e. The lowest BCUT2D eigenvalue weighted by Crippen LogP contribution is -3.06. The zero-order valence-electron chi connectivity index (χ0n) is 13.5. The Morgan fingerprint density at radius 3 is 2.83 bits per heavy atom. The molecule has 120 valence electrons. The molecule has 0 saturated carbocycles. The number of likely N-dealkylation sites (N-methyl/N-ethyl adjacent to an activating group) is 1. The maximum atomic E-state index is 12.1. The first-order chi connectivity index (χ1) is 11.1. The molecule has 0 aliphatic rings. The van der Waals surface area contributed by atoms with Crippen LogP contribution in [0.5, 0.6) is 5.75 Å². The highest BCUT2D eigenvalue weighted by Crippen LogP contribution is 2.25. The normalized spacial score (nSPS) is 11.3. The van der Waals surface area contributed by atoms with Gasteiger partial charge in [0.2, 0.25) is 5.71 Å². The van der Waals surface area contributed by atoms with E-state index in [1.165, 1.54) is 4.90 Å². The summed E-state index contributed by atoms with van der Waals surface area (Å²) in [5.74, 6) is 0.800. The van der Waals surface area contributed by atoms with Gasteiger partial charge in [0.15, 0.2) is 5.76 Å². The van der Waals surface area contributed by atoms with Crippen LogP contribution in [0, 0.1) is 0 Å². The minimum atomic E-state index is -0.217. The molecule has 0 aliphatic carbocycles. The van der Waals surface area contributed by atoms with Gasteiger partial charge in [0.25, 0.3) is 5.91 Å². The van der Waals surface area contributed by atoms with E-state index in [0.717, 1.165) is 28.6 Å². The van der Waals surface area contributed by atoms with Gasteiger partial charge >= 0.3 is 0 Å². The number of amides is 1. The van der Waals surface area contributed by atoms with Crippen LogP contribution in [-0.4, -0.2) is 45.2 Å². The van der Waals surface area contributed by atoms with Crippen LogP contribution in [0.15, 0.2) is 34.7 Å². The summed E-state index contributed by atoms with van der Waals surface area (Å²) in [6, 6.07) is 9.35. The van der Waals surface area contributed by atoms with Crippen molar-refractivity contribution in [3.63, 3.8) is 0 Å². The lowest BCUT2D eigenvalue weighted by molar-refractivity contribution is -0.856. The highest BCUT2D eigenvalue weighted by atomic mass is 16.5. The number of nitrogens with zero attached hydrogens (tertiary/aromatic N) is 1. The number of benzene rings is 1. The van der Waals surface area contributed by atoms with Crippen molar-refractivity contribution < 1.29 is 18.8 Å². The first kappa shape index (κ1) is 15.3. The van der Waals surface area contributed by atoms with Gasteiger partial charge in [-0.3, -0.25) is 4.79 Å². The summed E-state index contributed by atoms with van der Waals surface area (Å²) in [5.41, 5.74) is 1.23. The molecule has 0 aliphatic heterocycles. The summed E-state index contributed by atoms with van der Waals surface area (Å²) in [7, 11) is 5.69. The molecule has 3 aromatic rings. The fourth-order valence-corrected chi connectivity index (χ4v) is 2.36. The van der Waals surface area contributed by atoms with E-state index in [0.29, 0.717) is 12.3 Å². The van der Waals surface area contributed by atoms with Crippen molar-refractivity contribution >= 4 is 27.9 Å². The van der Waals surface area contributed by atoms with E-state index in [1.807, 2.05) is 38.4 Å². The molecule has 2 aromatic heterocycles. The molecule has 0 saturated heterocycles. The maximum Gasteiger partial charge on any atom is 0.287 e. The maximum absolute atomic E-state index is 12.1. The molecule has 6 nitrogen and oxygen atoms in total. The van der Waals surface area contributed by atoms with Crippen LogP contribution in [0.3, 0.4) is 0 Å². The Bertz CT molecular complexity index is 855. The minimum Gasteiger partial charge on any atom is -0.497 e. The average molecular weight is 314 g/mol. The van der Waals surface area contributed by atoms with E-state index < -0.39 is 0 Å². The van der Waals surface area contributed by atoms with Gasteiger partial charge in [-0.1, -0.05) is 0 Å². The summed E-state index contributed by atoms with van der Waals surface area (Å²) < 4.78 is 10.8. The first-order valence-electron chi connectivity index (χ1n) is 7.52. The third-order valence-corrected chi connectivity index (χ3v) is 3.65. The zero-order valence-corrected chi connectivity index (χ0v) is 13.5. The Morgan fingerprint density at radius 1 is 1.26 bits per heavy atom. The van der Waals surface area contributed by atoms with Crippen LogP contribution in [0.2, 0.25) is 0 Å². The highest BCUT2D eigenvalue weighted by molar-refractivity contribution is 5.98. The van der Waals surface area contributed by atoms with Gasteiger partial charge in [-0.15, -0.1) is 0 Å². The molecule has 0 bridgehead atoms. The number of hydrogen-bond donors (Lipinski definition) is 2. The lowest BCUT2D eigenvalue weighted by atomic mass is 10.2. The van der Waals surface area contributed by atoms with Crippen molar-refractivity contribution in [1.29, 1.82) is 0 Å². The predicted octanol–water partition coefficient (Wildman–Crippen LogP) is 0.864. The predicted molar refractivity (Wildman–Crippen MR) is 88.1 cm³/mol. The Balaban J connectivity index is 1.88. The molecule has 3 rings (SSSR count). The minimum absolute atomic E-state index is 0.217. The largest absolute Gasteiger partial charge is 0.497 e. The third-order valence-electron chi connectivity index (χ3n) is 3.65. The number of furan rings is 1. The van der Waals surface area contributed by atoms with Crippen molar-refractivity contribution in [3.05, 3.63) is 36.1 Å². The quantitative estimate of drug-likeness (QED) is 0.733. The number of ether oxygens (including phenoxy) is 1. The number of hydrogen-bond acceptors (Lipinski definition) is 4. The SMILES string of the molecule is COc1ccc2cc3cc(C(=O)NCC[NH+](C)C)oc3nc2c1. The van der Waals surface area contributed by atoms with E-state index in [1.54, 1.807) is 13.2 Å². The average Bonchev–Trinajstić information content (AvgIpc) is 2.94. The van der Waals surface area contributed by atoms with E-state index in [9.17, 15) is 4.79 Å². The number of carbonyl (C=O) groups excluding carboxylic acids is 1. The number of aromatic nitrogens is 1. The molecule has 1 aromatic carbocycles. The highest BCUT2D eigenvalue weighted by Gasteiger charge is 2.14. The number of quaternary nitrogens is 1. The van der Waals surface area contributed by atoms with Crippen LogP contribution < -0.4 is 15.0 Å². The monoisotopic (exact) mass is 314 g/mol. The summed E-state index contributed by atoms with van der Waals surface area (Å²) >= 11 is 0. The van der Waals surface area contributed by atoms with Gasteiger partial charge in [0, 0.05) is 16.8 Å². The number of fused-ring (bicyclic) bond motifs is 2. The number of rotatable bonds is 5. The molecule has 0 radical (unpaired) electrons. The van der Waals surface area contributed by atoms with Gasteiger partial charge in [0.05, 0.1) is 39.8 Å². The van der Waals surface area contributed by atoms with Gasteiger partial charge in [-0.25, -0.2) is 4.98 Å². The van der Waals surface area contributed by atoms with Gasteiger partial charge in [-0.05, 0) is 24.3 Å². The molecule has 1 amide bonds. The second-order valence-electron chi connectivity index (χ2n) is 5.77. The topological polar surface area (TPSA) is 68.8 Å². The standard InChI is InChI=1S/C17H19N3O3/c1-20(2)7-6-18-16(21)15-9-12-8-11-4-5-13(22-3)10-14(11)19-17(12)23-15/h4-5,8-10H,6-7H2,1-3H3,(H,18,21)/p+1. The Morgan fingerprint density at radius 2 is 2.09 bits per heavy atom. The van der Waals surface area contributed by atoms with Crippen LogP contribution >= 0.6 is 0 Å². The molecular weight excluding hydrogens is 294 g/mol. The molecule has 2 N–H and O–H groups in total. The fourth-order valence-electron chi connectivity index (χ4n) is 2.36. The zero-order chi connectivity index (χ0) is 16.4. The van der Waals surface area contributed by atoms with Crippen molar-refractivity contribution in [2.75, 3.05) is 34.3 Å². The summed E-state index contributed by atoms with van der Waals surface area (Å²) in [4.78, 5) is 17.9. The molecule has 0 unspecified atom stereocenters. The van der Waals surface area contributed by atoms with Crippen LogP contribution in [0.25, 0.3) is 22.0 Å². The number of methoxy groups -OCH3 is 1. The van der Waals surface area contributed by atoms with Gasteiger partial charge in [0.1, 0.15) is 5.75 Å². The molecule has 2 heterocycles. The van der Waals surface area contributed by atoms with Gasteiger partial charge < -0.3 is 19.4 Å². The Hall–Kier alpha value is -2.60. The van der Waals surface area contributed by atoms with E-state index in [-0.39, 0.29) is 11.7 Å². The second-order valence-corrected chi connectivity index (χ2v) is 5.77. The van der Waals surface area contributed by atoms with E-state index in [4.69, 9.17) is 9.15 Å². The Labute approximate surface area is 134 Å². The lowest BCUT2D eigenvalue weighted by Gasteiger charge is -2.06. The van der Waals surface area contributed by atoms with Crippen molar-refractivity contribution in [2.45, 2.75) is 0 Å². The van der Waals surface area contributed by atoms with E-state index in [2.05, 4.69) is 10.3 Å². The summed E-state index contributed by atoms with van der Waals surface area (Å²) in [6.07, 6.45) is 0. The second kappa shape index (κ2) is 6.26. The molecule has 0 fully saturated rings. The van der Waals surface area contributed by atoms with Gasteiger partial charge in [-0.2, -0.15) is 0 Å². The van der Waals surface area contributed by atoms with Crippen LogP contribution in [-0.2, 0) is 0 Å². The van der Waals surface area contributed by atoms with Crippen molar-refractivity contribution in [2.24, 2.45) is 0 Å². The molecular formula is C17H20N3O3+. The molecule has 0 spiro atoms. The third kappa shape index (κ3) is 3.27. The summed E-state index contributed by atoms with van der Waals surface area (Å²) in [5, 5.41) is 4.64. The number of pyridine rings is 1. The number of nitrogens with one attached hydrogen (secondary N) is 2. The van der Waals surface area contributed by atoms with E-state index >= 15 is 0 Å². The molecule has 23 heavy (non-hydrogen) atoms. The van der Waals surface area contributed by atoms with Crippen LogP contribution in [0.1, 0.15) is 10.6 Å². The molecule has 6 heteroatoms. The summed E-state index contributed by atoms with van der Waals surface area (Å²) in [6.45, 7) is 1.46. The van der Waals surface area contributed by atoms with Crippen LogP contribution in [0.4, 0.5) is 0 Å².